The first-order chi connectivity index (χ1) is 16.6. The summed E-state index contributed by atoms with van der Waals surface area (Å²) in [5, 5.41) is 10.4. The number of aromatic nitrogens is 2. The van der Waals surface area contributed by atoms with E-state index in [1.807, 2.05) is 43.3 Å². The van der Waals surface area contributed by atoms with Gasteiger partial charge in [-0.1, -0.05) is 23.7 Å². The predicted octanol–water partition coefficient (Wildman–Crippen LogP) is 6.08. The summed E-state index contributed by atoms with van der Waals surface area (Å²) in [4.78, 5) is 11.3. The molecule has 3 N–H and O–H groups in total. The summed E-state index contributed by atoms with van der Waals surface area (Å²) in [6.07, 6.45) is -1.23. The van der Waals surface area contributed by atoms with Crippen LogP contribution in [0.2, 0.25) is 5.02 Å². The molecule has 0 saturated heterocycles. The Kier molecular flexibility index (Phi) is 7.51. The van der Waals surface area contributed by atoms with Crippen LogP contribution >= 0.6 is 23.8 Å². The van der Waals surface area contributed by atoms with Gasteiger partial charge in [0.05, 0.1) is 16.8 Å². The summed E-state index contributed by atoms with van der Waals surface area (Å²) in [6.45, 7) is 0. The molecule has 0 bridgehead atoms. The first kappa shape index (κ1) is 25.2. The Hall–Kier alpha value is -2.85. The molecule has 35 heavy (non-hydrogen) atoms. The molecule has 6 nitrogen and oxygen atoms in total. The Morgan fingerprint density at radius 2 is 1.71 bits per heavy atom. The number of nitrogens with zero attached hydrogens (tertiary/aromatic N) is 3. The molecule has 4 rings (SSSR count). The zero-order valence-electron chi connectivity index (χ0n) is 19.3. The molecule has 0 atom stereocenters. The molecule has 1 aliphatic rings. The topological polar surface area (TPSA) is 65.1 Å². The quantitative estimate of drug-likeness (QED) is 0.351. The monoisotopic (exact) mass is 522 g/mol. The van der Waals surface area contributed by atoms with Gasteiger partial charge in [-0.15, -0.1) is 0 Å². The van der Waals surface area contributed by atoms with Crippen LogP contribution < -0.4 is 20.9 Å². The minimum Gasteiger partial charge on any atom is -0.362 e. The van der Waals surface area contributed by atoms with Gasteiger partial charge in [-0.3, -0.25) is 0 Å². The van der Waals surface area contributed by atoms with Gasteiger partial charge in [-0.25, -0.2) is 4.98 Å². The molecule has 186 valence electrons. The Labute approximate surface area is 212 Å². The van der Waals surface area contributed by atoms with Gasteiger partial charge in [0, 0.05) is 36.6 Å². The minimum absolute atomic E-state index is 0.0145. The molecule has 1 heterocycles. The number of para-hydroxylation sites is 1. The number of hydrogen-bond acceptors (Lipinski definition) is 5. The van der Waals surface area contributed by atoms with Crippen LogP contribution in [0, 0.1) is 0 Å². The lowest BCUT2D eigenvalue weighted by Gasteiger charge is -2.31. The number of benzene rings is 2. The van der Waals surface area contributed by atoms with Crippen LogP contribution in [0.5, 0.6) is 0 Å². The molecule has 0 aliphatic heterocycles. The van der Waals surface area contributed by atoms with Gasteiger partial charge in [-0.2, -0.15) is 18.2 Å². The van der Waals surface area contributed by atoms with Gasteiger partial charge in [-0.05, 0) is 68.2 Å². The fourth-order valence-electron chi connectivity index (χ4n) is 4.23. The zero-order chi connectivity index (χ0) is 25.2. The molecule has 1 saturated carbocycles. The fraction of sp³-hybridized carbons (Fsp3) is 0.375. The highest BCUT2D eigenvalue weighted by Gasteiger charge is 2.34. The third-order valence-electron chi connectivity index (χ3n) is 5.94. The maximum Gasteiger partial charge on any atom is 0.418 e. The summed E-state index contributed by atoms with van der Waals surface area (Å²) in [5.74, 6) is 1.44. The molecule has 1 aliphatic carbocycles. The van der Waals surface area contributed by atoms with Gasteiger partial charge < -0.3 is 20.9 Å². The lowest BCUT2D eigenvalue weighted by atomic mass is 9.91. The van der Waals surface area contributed by atoms with Crippen LogP contribution in [-0.2, 0) is 6.18 Å². The second kappa shape index (κ2) is 10.4. The van der Waals surface area contributed by atoms with E-state index in [-0.39, 0.29) is 27.9 Å². The summed E-state index contributed by atoms with van der Waals surface area (Å²) < 4.78 is 40.0. The Morgan fingerprint density at radius 3 is 2.40 bits per heavy atom. The summed E-state index contributed by atoms with van der Waals surface area (Å²) in [7, 11) is 3.90. The van der Waals surface area contributed by atoms with Crippen LogP contribution in [0.4, 0.5) is 30.6 Å². The standard InChI is InChI=1S/C24H26ClF3N6S/c1-34(2)21-17-5-3-4-6-19(17)31-22(33-21)29-15-8-10-16(11-9-15)30-23(35)32-20-12-7-14(25)13-18(20)24(26,27)28/h3-7,12-13,15-16H,8-11H2,1-2H3,(H,29,31,33)(H2,30,32,35). The van der Waals surface area contributed by atoms with Crippen molar-refractivity contribution in [2.24, 2.45) is 0 Å². The van der Waals surface area contributed by atoms with E-state index in [9.17, 15) is 13.2 Å². The van der Waals surface area contributed by atoms with Crippen LogP contribution in [0.3, 0.4) is 0 Å². The molecule has 11 heteroatoms. The average Bonchev–Trinajstić information content (AvgIpc) is 2.80. The number of alkyl halides is 3. The van der Waals surface area contributed by atoms with Crippen molar-refractivity contribution in [1.29, 1.82) is 0 Å². The van der Waals surface area contributed by atoms with Crippen LogP contribution in [-0.4, -0.2) is 41.3 Å². The highest BCUT2D eigenvalue weighted by molar-refractivity contribution is 7.80. The molecule has 0 spiro atoms. The van der Waals surface area contributed by atoms with E-state index >= 15 is 0 Å². The van der Waals surface area contributed by atoms with Crippen molar-refractivity contribution >= 4 is 57.3 Å². The Morgan fingerprint density at radius 1 is 1.03 bits per heavy atom. The Balaban J connectivity index is 1.34. The van der Waals surface area contributed by atoms with Crippen LogP contribution in [0.15, 0.2) is 42.5 Å². The van der Waals surface area contributed by atoms with Gasteiger partial charge in [0.1, 0.15) is 5.82 Å². The van der Waals surface area contributed by atoms with Gasteiger partial charge in [0.2, 0.25) is 5.95 Å². The highest BCUT2D eigenvalue weighted by atomic mass is 35.5. The van der Waals surface area contributed by atoms with Crippen molar-refractivity contribution in [3.63, 3.8) is 0 Å². The van der Waals surface area contributed by atoms with E-state index in [0.717, 1.165) is 48.5 Å². The number of halogens is 4. The van der Waals surface area contributed by atoms with E-state index in [1.165, 1.54) is 12.1 Å². The van der Waals surface area contributed by atoms with Gasteiger partial charge >= 0.3 is 6.18 Å². The largest absolute Gasteiger partial charge is 0.418 e. The van der Waals surface area contributed by atoms with Crippen molar-refractivity contribution in [2.75, 3.05) is 29.6 Å². The summed E-state index contributed by atoms with van der Waals surface area (Å²) in [5.41, 5.74) is -0.102. The molecule has 0 amide bonds. The second-order valence-corrected chi connectivity index (χ2v) is 9.61. The lowest BCUT2D eigenvalue weighted by Crippen LogP contribution is -2.42. The number of anilines is 3. The SMILES string of the molecule is CN(C)c1nc(NC2CCC(NC(=S)Nc3ccc(Cl)cc3C(F)(F)F)CC2)nc2ccccc12. The van der Waals surface area contributed by atoms with Crippen LogP contribution in [0.1, 0.15) is 31.2 Å². The number of nitrogens with one attached hydrogen (secondary N) is 3. The van der Waals surface area contributed by atoms with Gasteiger partial charge in [0.25, 0.3) is 0 Å². The molecule has 1 fully saturated rings. The Bertz CT molecular complexity index is 1210. The molecule has 0 unspecified atom stereocenters. The number of thiocarbonyl (C=S) groups is 1. The molecule has 0 radical (unpaired) electrons. The second-order valence-electron chi connectivity index (χ2n) is 8.76. The van der Waals surface area contributed by atoms with E-state index in [2.05, 4.69) is 20.9 Å². The maximum atomic E-state index is 13.3. The van der Waals surface area contributed by atoms with E-state index < -0.39 is 11.7 Å². The molecule has 2 aromatic carbocycles. The van der Waals surface area contributed by atoms with Crippen LogP contribution in [0.25, 0.3) is 10.9 Å². The number of fused-ring (bicyclic) bond motifs is 1. The lowest BCUT2D eigenvalue weighted by molar-refractivity contribution is -0.136. The third-order valence-corrected chi connectivity index (χ3v) is 6.39. The first-order valence-electron chi connectivity index (χ1n) is 11.2. The normalized spacial score (nSPS) is 18.2. The van der Waals surface area contributed by atoms with E-state index in [1.54, 1.807) is 0 Å². The van der Waals surface area contributed by atoms with Crippen molar-refractivity contribution in [3.05, 3.63) is 53.1 Å². The minimum atomic E-state index is -4.54. The number of rotatable bonds is 5. The van der Waals surface area contributed by atoms with Crippen molar-refractivity contribution in [2.45, 2.75) is 43.9 Å². The van der Waals surface area contributed by atoms with Crippen molar-refractivity contribution in [1.82, 2.24) is 15.3 Å². The first-order valence-corrected chi connectivity index (χ1v) is 12.0. The number of hydrogen-bond donors (Lipinski definition) is 3. The summed E-state index contributed by atoms with van der Waals surface area (Å²) >= 11 is 11.0. The molecular formula is C24H26ClF3N6S. The zero-order valence-corrected chi connectivity index (χ0v) is 20.9. The smallest absolute Gasteiger partial charge is 0.362 e. The highest BCUT2D eigenvalue weighted by Crippen LogP contribution is 2.36. The van der Waals surface area contributed by atoms with Crippen molar-refractivity contribution in [3.8, 4) is 0 Å². The molecule has 1 aromatic heterocycles. The molecule has 3 aromatic rings. The van der Waals surface area contributed by atoms with E-state index in [4.69, 9.17) is 28.8 Å². The third kappa shape index (κ3) is 6.24. The average molecular weight is 523 g/mol. The van der Waals surface area contributed by atoms with Crippen molar-refractivity contribution < 1.29 is 13.2 Å². The van der Waals surface area contributed by atoms with E-state index in [0.29, 0.717) is 5.95 Å². The summed E-state index contributed by atoms with van der Waals surface area (Å²) in [6, 6.07) is 11.7. The fourth-order valence-corrected chi connectivity index (χ4v) is 4.68. The van der Waals surface area contributed by atoms with Gasteiger partial charge in [0.15, 0.2) is 5.11 Å². The maximum absolute atomic E-state index is 13.3. The predicted molar refractivity (Wildman–Crippen MR) is 139 cm³/mol. The molecular weight excluding hydrogens is 497 g/mol.